The number of amides is 1. The number of nitrogens with zero attached hydrogens (tertiary/aromatic N) is 1. The number of hydrogen-bond donors (Lipinski definition) is 1. The standard InChI is InChI=1S/C16H17BrN2O/c1-19(2)15-9-5-13(6-10-15)16(20)18-14-7-3-12(11-17)4-8-14/h3-10H,11H2,1-2H3,(H,18,20). The van der Waals surface area contributed by atoms with Gasteiger partial charge in [-0.25, -0.2) is 0 Å². The summed E-state index contributed by atoms with van der Waals surface area (Å²) in [6, 6.07) is 15.3. The molecule has 0 heterocycles. The van der Waals surface area contributed by atoms with Crippen LogP contribution in [0.25, 0.3) is 0 Å². The van der Waals surface area contributed by atoms with Crippen LogP contribution in [0.3, 0.4) is 0 Å². The van der Waals surface area contributed by atoms with E-state index in [0.29, 0.717) is 5.56 Å². The minimum absolute atomic E-state index is 0.0955. The Kier molecular flexibility index (Phi) is 4.79. The van der Waals surface area contributed by atoms with Gasteiger partial charge in [-0.1, -0.05) is 28.1 Å². The van der Waals surface area contributed by atoms with Crippen molar-refractivity contribution in [1.29, 1.82) is 0 Å². The maximum Gasteiger partial charge on any atom is 0.255 e. The van der Waals surface area contributed by atoms with Crippen LogP contribution >= 0.6 is 15.9 Å². The van der Waals surface area contributed by atoms with Crippen molar-refractivity contribution >= 4 is 33.2 Å². The van der Waals surface area contributed by atoms with E-state index < -0.39 is 0 Å². The molecule has 2 aromatic rings. The number of benzene rings is 2. The SMILES string of the molecule is CN(C)c1ccc(C(=O)Nc2ccc(CBr)cc2)cc1. The molecule has 0 atom stereocenters. The second-order valence-electron chi connectivity index (χ2n) is 4.73. The second-order valence-corrected chi connectivity index (χ2v) is 5.29. The van der Waals surface area contributed by atoms with Crippen molar-refractivity contribution in [2.45, 2.75) is 5.33 Å². The minimum atomic E-state index is -0.0955. The molecule has 1 amide bonds. The van der Waals surface area contributed by atoms with Crippen LogP contribution in [0.1, 0.15) is 15.9 Å². The van der Waals surface area contributed by atoms with Crippen molar-refractivity contribution in [3.63, 3.8) is 0 Å². The number of carbonyl (C=O) groups excluding carboxylic acids is 1. The van der Waals surface area contributed by atoms with Gasteiger partial charge in [0.25, 0.3) is 5.91 Å². The lowest BCUT2D eigenvalue weighted by Gasteiger charge is -2.12. The van der Waals surface area contributed by atoms with E-state index in [9.17, 15) is 4.79 Å². The van der Waals surface area contributed by atoms with Crippen molar-refractivity contribution in [3.05, 3.63) is 59.7 Å². The Hall–Kier alpha value is -1.81. The Morgan fingerprint density at radius 3 is 2.15 bits per heavy atom. The first-order valence-electron chi connectivity index (χ1n) is 6.34. The molecule has 2 aromatic carbocycles. The average Bonchev–Trinajstić information content (AvgIpc) is 2.48. The summed E-state index contributed by atoms with van der Waals surface area (Å²) in [4.78, 5) is 14.1. The lowest BCUT2D eigenvalue weighted by atomic mass is 10.1. The smallest absolute Gasteiger partial charge is 0.255 e. The maximum atomic E-state index is 12.1. The maximum absolute atomic E-state index is 12.1. The molecule has 1 N–H and O–H groups in total. The fourth-order valence-corrected chi connectivity index (χ4v) is 2.17. The van der Waals surface area contributed by atoms with Gasteiger partial charge in [0, 0.05) is 36.4 Å². The third kappa shape index (κ3) is 3.61. The molecule has 0 bridgehead atoms. The van der Waals surface area contributed by atoms with Crippen LogP contribution in [0.4, 0.5) is 11.4 Å². The van der Waals surface area contributed by atoms with Gasteiger partial charge >= 0.3 is 0 Å². The zero-order valence-corrected chi connectivity index (χ0v) is 13.1. The molecule has 2 rings (SSSR count). The fourth-order valence-electron chi connectivity index (χ4n) is 1.79. The monoisotopic (exact) mass is 332 g/mol. The van der Waals surface area contributed by atoms with Gasteiger partial charge in [-0.2, -0.15) is 0 Å². The molecule has 0 spiro atoms. The Balaban J connectivity index is 2.07. The first-order chi connectivity index (χ1) is 9.60. The van der Waals surface area contributed by atoms with E-state index in [4.69, 9.17) is 0 Å². The minimum Gasteiger partial charge on any atom is -0.378 e. The molecular weight excluding hydrogens is 316 g/mol. The molecule has 20 heavy (non-hydrogen) atoms. The lowest BCUT2D eigenvalue weighted by molar-refractivity contribution is 0.102. The van der Waals surface area contributed by atoms with Crippen molar-refractivity contribution in [2.75, 3.05) is 24.3 Å². The van der Waals surface area contributed by atoms with Crippen LogP contribution in [0.2, 0.25) is 0 Å². The summed E-state index contributed by atoms with van der Waals surface area (Å²) in [5, 5.41) is 3.70. The Morgan fingerprint density at radius 1 is 1.05 bits per heavy atom. The molecule has 0 aliphatic carbocycles. The van der Waals surface area contributed by atoms with Crippen molar-refractivity contribution in [3.8, 4) is 0 Å². The lowest BCUT2D eigenvalue weighted by Crippen LogP contribution is -2.13. The third-order valence-electron chi connectivity index (χ3n) is 3.01. The number of carbonyl (C=O) groups is 1. The molecule has 0 unspecified atom stereocenters. The molecule has 0 radical (unpaired) electrons. The van der Waals surface area contributed by atoms with Gasteiger partial charge in [0.15, 0.2) is 0 Å². The Morgan fingerprint density at radius 2 is 1.65 bits per heavy atom. The van der Waals surface area contributed by atoms with Crippen LogP contribution in [0.15, 0.2) is 48.5 Å². The predicted molar refractivity (Wildman–Crippen MR) is 87.8 cm³/mol. The Bertz CT molecular complexity index is 576. The second kappa shape index (κ2) is 6.57. The van der Waals surface area contributed by atoms with Crippen LogP contribution in [-0.4, -0.2) is 20.0 Å². The van der Waals surface area contributed by atoms with E-state index in [-0.39, 0.29) is 5.91 Å². The predicted octanol–water partition coefficient (Wildman–Crippen LogP) is 3.90. The molecule has 4 heteroatoms. The van der Waals surface area contributed by atoms with E-state index in [1.54, 1.807) is 0 Å². The topological polar surface area (TPSA) is 32.3 Å². The molecule has 0 aromatic heterocycles. The highest BCUT2D eigenvalue weighted by Gasteiger charge is 2.06. The van der Waals surface area contributed by atoms with Gasteiger partial charge in [0.2, 0.25) is 0 Å². The first kappa shape index (κ1) is 14.6. The number of hydrogen-bond acceptors (Lipinski definition) is 2. The van der Waals surface area contributed by atoms with E-state index in [1.165, 1.54) is 5.56 Å². The molecule has 3 nitrogen and oxygen atoms in total. The van der Waals surface area contributed by atoms with Crippen molar-refractivity contribution in [1.82, 2.24) is 0 Å². The molecule has 0 saturated carbocycles. The average molecular weight is 333 g/mol. The van der Waals surface area contributed by atoms with Gasteiger partial charge in [-0.3, -0.25) is 4.79 Å². The molecule has 0 aliphatic rings. The van der Waals surface area contributed by atoms with Crippen molar-refractivity contribution in [2.24, 2.45) is 0 Å². The summed E-state index contributed by atoms with van der Waals surface area (Å²) in [7, 11) is 3.95. The summed E-state index contributed by atoms with van der Waals surface area (Å²) >= 11 is 3.40. The van der Waals surface area contributed by atoms with Crippen LogP contribution < -0.4 is 10.2 Å². The number of anilines is 2. The fraction of sp³-hybridized carbons (Fsp3) is 0.188. The van der Waals surface area contributed by atoms with Crippen LogP contribution in [-0.2, 0) is 5.33 Å². The van der Waals surface area contributed by atoms with Crippen molar-refractivity contribution < 1.29 is 4.79 Å². The summed E-state index contributed by atoms with van der Waals surface area (Å²) < 4.78 is 0. The third-order valence-corrected chi connectivity index (χ3v) is 3.66. The van der Waals surface area contributed by atoms with E-state index in [0.717, 1.165) is 16.7 Å². The summed E-state index contributed by atoms with van der Waals surface area (Å²) in [5.74, 6) is -0.0955. The number of rotatable bonds is 4. The van der Waals surface area contributed by atoms with Crippen LogP contribution in [0.5, 0.6) is 0 Å². The van der Waals surface area contributed by atoms with Crippen LogP contribution in [0, 0.1) is 0 Å². The van der Waals surface area contributed by atoms with Gasteiger partial charge in [-0.05, 0) is 42.0 Å². The summed E-state index contributed by atoms with van der Waals surface area (Å²) in [5.41, 5.74) is 3.71. The number of nitrogens with one attached hydrogen (secondary N) is 1. The largest absolute Gasteiger partial charge is 0.378 e. The Labute approximate surface area is 127 Å². The van der Waals surface area contributed by atoms with E-state index >= 15 is 0 Å². The summed E-state index contributed by atoms with van der Waals surface area (Å²) in [6.07, 6.45) is 0. The molecule has 0 aliphatic heterocycles. The normalized spacial score (nSPS) is 10.2. The first-order valence-corrected chi connectivity index (χ1v) is 7.46. The molecule has 104 valence electrons. The zero-order valence-electron chi connectivity index (χ0n) is 11.6. The van der Waals surface area contributed by atoms with Gasteiger partial charge in [-0.15, -0.1) is 0 Å². The molecular formula is C16H17BrN2O. The van der Waals surface area contributed by atoms with E-state index in [1.807, 2.05) is 67.5 Å². The number of halogens is 1. The highest BCUT2D eigenvalue weighted by Crippen LogP contribution is 2.15. The zero-order chi connectivity index (χ0) is 14.5. The molecule has 0 fully saturated rings. The van der Waals surface area contributed by atoms with E-state index in [2.05, 4.69) is 21.2 Å². The molecule has 0 saturated heterocycles. The highest BCUT2D eigenvalue weighted by molar-refractivity contribution is 9.08. The highest BCUT2D eigenvalue weighted by atomic mass is 79.9. The summed E-state index contributed by atoms with van der Waals surface area (Å²) in [6.45, 7) is 0. The van der Waals surface area contributed by atoms with Gasteiger partial charge < -0.3 is 10.2 Å². The van der Waals surface area contributed by atoms with Gasteiger partial charge in [0.05, 0.1) is 0 Å². The number of alkyl halides is 1. The van der Waals surface area contributed by atoms with Gasteiger partial charge in [0.1, 0.15) is 0 Å². The quantitative estimate of drug-likeness (QED) is 0.861.